The Bertz CT molecular complexity index is 221. The summed E-state index contributed by atoms with van der Waals surface area (Å²) in [5.41, 5.74) is -0.505. The molecule has 2 heteroatoms. The lowest BCUT2D eigenvalue weighted by molar-refractivity contribution is -0.151. The van der Waals surface area contributed by atoms with Crippen LogP contribution in [0.2, 0.25) is 0 Å². The van der Waals surface area contributed by atoms with E-state index in [0.717, 1.165) is 12.8 Å². The zero-order valence-electron chi connectivity index (χ0n) is 10.7. The lowest BCUT2D eigenvalue weighted by Gasteiger charge is -2.27. The van der Waals surface area contributed by atoms with E-state index >= 15 is 0 Å². The third-order valence-corrected chi connectivity index (χ3v) is 3.04. The Kier molecular flexibility index (Phi) is 5.63. The SMILES string of the molecule is C=CC(C)(CCC(C)C(C)C)OC(C)=O. The Morgan fingerprint density at radius 1 is 1.47 bits per heavy atom. The van der Waals surface area contributed by atoms with Crippen LogP contribution in [-0.4, -0.2) is 11.6 Å². The quantitative estimate of drug-likeness (QED) is 0.497. The van der Waals surface area contributed by atoms with Crippen LogP contribution in [0.3, 0.4) is 0 Å². The van der Waals surface area contributed by atoms with Crippen molar-refractivity contribution in [3.05, 3.63) is 12.7 Å². The molecule has 0 amide bonds. The minimum atomic E-state index is -0.505. The van der Waals surface area contributed by atoms with Crippen LogP contribution < -0.4 is 0 Å². The first-order chi connectivity index (χ1) is 6.80. The molecule has 0 aromatic rings. The summed E-state index contributed by atoms with van der Waals surface area (Å²) in [5, 5.41) is 0. The normalized spacial score (nSPS) is 16.9. The van der Waals surface area contributed by atoms with Crippen LogP contribution in [0.4, 0.5) is 0 Å². The van der Waals surface area contributed by atoms with Gasteiger partial charge in [-0.3, -0.25) is 4.79 Å². The van der Waals surface area contributed by atoms with Crippen molar-refractivity contribution >= 4 is 5.97 Å². The summed E-state index contributed by atoms with van der Waals surface area (Å²) in [6.07, 6.45) is 3.62. The van der Waals surface area contributed by atoms with Gasteiger partial charge in [0.1, 0.15) is 5.60 Å². The number of ether oxygens (including phenoxy) is 1. The van der Waals surface area contributed by atoms with Crippen molar-refractivity contribution in [1.29, 1.82) is 0 Å². The maximum atomic E-state index is 10.9. The number of rotatable bonds is 6. The van der Waals surface area contributed by atoms with Gasteiger partial charge >= 0.3 is 5.97 Å². The first-order valence-electron chi connectivity index (χ1n) is 5.64. The van der Waals surface area contributed by atoms with Gasteiger partial charge in [-0.2, -0.15) is 0 Å². The van der Waals surface area contributed by atoms with Crippen molar-refractivity contribution in [1.82, 2.24) is 0 Å². The second-order valence-electron chi connectivity index (χ2n) is 4.87. The van der Waals surface area contributed by atoms with E-state index in [0.29, 0.717) is 11.8 Å². The first-order valence-corrected chi connectivity index (χ1v) is 5.64. The van der Waals surface area contributed by atoms with E-state index in [9.17, 15) is 4.79 Å². The number of hydrogen-bond donors (Lipinski definition) is 0. The van der Waals surface area contributed by atoms with E-state index < -0.39 is 5.60 Å². The van der Waals surface area contributed by atoms with Crippen LogP contribution in [0.5, 0.6) is 0 Å². The molecule has 88 valence electrons. The topological polar surface area (TPSA) is 26.3 Å². The van der Waals surface area contributed by atoms with Crippen LogP contribution in [0.25, 0.3) is 0 Å². The van der Waals surface area contributed by atoms with Gasteiger partial charge < -0.3 is 4.74 Å². The summed E-state index contributed by atoms with van der Waals surface area (Å²) in [6, 6.07) is 0. The van der Waals surface area contributed by atoms with Gasteiger partial charge in [-0.15, -0.1) is 0 Å². The molecule has 0 bridgehead atoms. The number of carbonyl (C=O) groups is 1. The molecule has 0 heterocycles. The van der Waals surface area contributed by atoms with Gasteiger partial charge in [-0.25, -0.2) is 0 Å². The van der Waals surface area contributed by atoms with Crippen molar-refractivity contribution in [3.63, 3.8) is 0 Å². The average molecular weight is 212 g/mol. The smallest absolute Gasteiger partial charge is 0.303 e. The standard InChI is InChI=1S/C13H24O2/c1-7-13(6,15-12(5)14)9-8-11(4)10(2)3/h7,10-11H,1,8-9H2,2-6H3. The molecule has 0 N–H and O–H groups in total. The highest BCUT2D eigenvalue weighted by Gasteiger charge is 2.24. The maximum absolute atomic E-state index is 10.9. The summed E-state index contributed by atoms with van der Waals surface area (Å²) in [4.78, 5) is 10.9. The van der Waals surface area contributed by atoms with Crippen LogP contribution in [-0.2, 0) is 9.53 Å². The third kappa shape index (κ3) is 5.60. The predicted octanol–water partition coefficient (Wildman–Crippen LogP) is 3.57. The summed E-state index contributed by atoms with van der Waals surface area (Å²) in [7, 11) is 0. The van der Waals surface area contributed by atoms with E-state index in [2.05, 4.69) is 27.4 Å². The maximum Gasteiger partial charge on any atom is 0.303 e. The molecule has 0 saturated carbocycles. The summed E-state index contributed by atoms with van der Waals surface area (Å²) in [6.45, 7) is 13.7. The molecule has 0 aromatic heterocycles. The minimum Gasteiger partial charge on any atom is -0.455 e. The van der Waals surface area contributed by atoms with Crippen LogP contribution in [0, 0.1) is 11.8 Å². The van der Waals surface area contributed by atoms with Gasteiger partial charge in [0.25, 0.3) is 0 Å². The van der Waals surface area contributed by atoms with Crippen LogP contribution in [0.1, 0.15) is 47.5 Å². The van der Waals surface area contributed by atoms with Crippen molar-refractivity contribution < 1.29 is 9.53 Å². The van der Waals surface area contributed by atoms with Crippen LogP contribution in [0.15, 0.2) is 12.7 Å². The molecule has 0 aliphatic heterocycles. The molecule has 2 unspecified atom stereocenters. The predicted molar refractivity (Wildman–Crippen MR) is 63.6 cm³/mol. The highest BCUT2D eigenvalue weighted by Crippen LogP contribution is 2.25. The molecule has 0 aliphatic rings. The largest absolute Gasteiger partial charge is 0.455 e. The Labute approximate surface area is 93.7 Å². The second-order valence-corrected chi connectivity index (χ2v) is 4.87. The van der Waals surface area contributed by atoms with Gasteiger partial charge in [0.05, 0.1) is 0 Å². The molecule has 0 radical (unpaired) electrons. The first kappa shape index (κ1) is 14.2. The molecule has 15 heavy (non-hydrogen) atoms. The highest BCUT2D eigenvalue weighted by atomic mass is 16.6. The zero-order chi connectivity index (χ0) is 12.1. The number of carbonyl (C=O) groups excluding carboxylic acids is 1. The fraction of sp³-hybridized carbons (Fsp3) is 0.769. The summed E-state index contributed by atoms with van der Waals surface area (Å²) < 4.78 is 5.26. The van der Waals surface area contributed by atoms with Gasteiger partial charge in [-0.05, 0) is 37.7 Å². The fourth-order valence-corrected chi connectivity index (χ4v) is 1.37. The van der Waals surface area contributed by atoms with E-state index in [1.165, 1.54) is 6.92 Å². The number of esters is 1. The van der Waals surface area contributed by atoms with E-state index in [4.69, 9.17) is 4.74 Å². The second kappa shape index (κ2) is 5.94. The van der Waals surface area contributed by atoms with Gasteiger partial charge in [0, 0.05) is 6.92 Å². The van der Waals surface area contributed by atoms with Crippen molar-refractivity contribution in [2.45, 2.75) is 53.1 Å². The Morgan fingerprint density at radius 3 is 2.33 bits per heavy atom. The molecule has 2 nitrogen and oxygen atoms in total. The molecule has 0 aromatic carbocycles. The van der Waals surface area contributed by atoms with E-state index in [1.54, 1.807) is 6.08 Å². The minimum absolute atomic E-state index is 0.241. The molecule has 0 saturated heterocycles. The van der Waals surface area contributed by atoms with Crippen molar-refractivity contribution in [3.8, 4) is 0 Å². The van der Waals surface area contributed by atoms with Gasteiger partial charge in [-0.1, -0.05) is 27.4 Å². The average Bonchev–Trinajstić information content (AvgIpc) is 2.13. The Morgan fingerprint density at radius 2 is 2.00 bits per heavy atom. The van der Waals surface area contributed by atoms with Gasteiger partial charge in [0.15, 0.2) is 0 Å². The molecule has 0 rings (SSSR count). The summed E-state index contributed by atoms with van der Waals surface area (Å²) >= 11 is 0. The molecule has 2 atom stereocenters. The monoisotopic (exact) mass is 212 g/mol. The molecular formula is C13H24O2. The molecule has 0 fully saturated rings. The third-order valence-electron chi connectivity index (χ3n) is 3.04. The van der Waals surface area contributed by atoms with E-state index in [1.807, 2.05) is 6.92 Å². The zero-order valence-corrected chi connectivity index (χ0v) is 10.7. The molecule has 0 spiro atoms. The highest BCUT2D eigenvalue weighted by molar-refractivity contribution is 5.66. The van der Waals surface area contributed by atoms with Gasteiger partial charge in [0.2, 0.25) is 0 Å². The molecule has 0 aliphatic carbocycles. The summed E-state index contributed by atoms with van der Waals surface area (Å²) in [5.74, 6) is 1.06. The fourth-order valence-electron chi connectivity index (χ4n) is 1.37. The Balaban J connectivity index is 4.20. The number of hydrogen-bond acceptors (Lipinski definition) is 2. The van der Waals surface area contributed by atoms with Crippen LogP contribution >= 0.6 is 0 Å². The Hall–Kier alpha value is -0.790. The molecular weight excluding hydrogens is 188 g/mol. The van der Waals surface area contributed by atoms with Crippen molar-refractivity contribution in [2.75, 3.05) is 0 Å². The lowest BCUT2D eigenvalue weighted by atomic mass is 9.88. The lowest BCUT2D eigenvalue weighted by Crippen LogP contribution is -2.29. The van der Waals surface area contributed by atoms with Crippen molar-refractivity contribution in [2.24, 2.45) is 11.8 Å². The van der Waals surface area contributed by atoms with E-state index in [-0.39, 0.29) is 5.97 Å².